The fourth-order valence-corrected chi connectivity index (χ4v) is 5.22. The Kier molecular flexibility index (Phi) is 5.07. The summed E-state index contributed by atoms with van der Waals surface area (Å²) in [6.07, 6.45) is 3.77. The van der Waals surface area contributed by atoms with Gasteiger partial charge in [-0.2, -0.15) is 0 Å². The van der Waals surface area contributed by atoms with E-state index in [1.807, 2.05) is 29.8 Å². The lowest BCUT2D eigenvalue weighted by molar-refractivity contribution is -0.146. The highest BCUT2D eigenvalue weighted by Gasteiger charge is 2.51. The van der Waals surface area contributed by atoms with Crippen molar-refractivity contribution >= 4 is 17.3 Å². The molecule has 0 aliphatic carbocycles. The van der Waals surface area contributed by atoms with Gasteiger partial charge in [0.25, 0.3) is 0 Å². The van der Waals surface area contributed by atoms with Crippen LogP contribution in [-0.2, 0) is 17.9 Å². The number of benzene rings is 1. The van der Waals surface area contributed by atoms with E-state index in [9.17, 15) is 9.90 Å². The Bertz CT molecular complexity index is 727. The van der Waals surface area contributed by atoms with Crippen molar-refractivity contribution in [1.29, 1.82) is 0 Å². The van der Waals surface area contributed by atoms with E-state index >= 15 is 0 Å². The number of hydrogen-bond donors (Lipinski definition) is 1. The lowest BCUT2D eigenvalue weighted by Gasteiger charge is -2.41. The summed E-state index contributed by atoms with van der Waals surface area (Å²) in [7, 11) is 0. The van der Waals surface area contributed by atoms with Crippen molar-refractivity contribution in [1.82, 2.24) is 14.8 Å². The van der Waals surface area contributed by atoms with E-state index in [4.69, 9.17) is 0 Å². The van der Waals surface area contributed by atoms with Crippen LogP contribution >= 0.6 is 11.3 Å². The second-order valence-corrected chi connectivity index (χ2v) is 8.59. The molecule has 1 spiro atoms. The number of hydrogen-bond acceptors (Lipinski definition) is 5. The summed E-state index contributed by atoms with van der Waals surface area (Å²) in [6.45, 7) is 5.21. The molecule has 2 aliphatic heterocycles. The number of nitrogens with zero attached hydrogens (tertiary/aromatic N) is 3. The van der Waals surface area contributed by atoms with E-state index < -0.39 is 5.97 Å². The topological polar surface area (TPSA) is 56.7 Å². The summed E-state index contributed by atoms with van der Waals surface area (Å²) in [5.41, 5.74) is 1.18. The zero-order valence-electron chi connectivity index (χ0n) is 14.9. The molecule has 2 saturated heterocycles. The highest BCUT2D eigenvalue weighted by molar-refractivity contribution is 7.09. The second kappa shape index (κ2) is 7.47. The van der Waals surface area contributed by atoms with Crippen LogP contribution in [0.1, 0.15) is 23.4 Å². The van der Waals surface area contributed by atoms with Gasteiger partial charge in [0.1, 0.15) is 5.01 Å². The van der Waals surface area contributed by atoms with Crippen molar-refractivity contribution in [2.45, 2.75) is 25.9 Å². The van der Waals surface area contributed by atoms with Crippen LogP contribution in [0.5, 0.6) is 0 Å². The van der Waals surface area contributed by atoms with Crippen molar-refractivity contribution in [3.63, 3.8) is 0 Å². The molecule has 0 amide bonds. The van der Waals surface area contributed by atoms with Gasteiger partial charge in [-0.3, -0.25) is 14.6 Å². The molecule has 26 heavy (non-hydrogen) atoms. The van der Waals surface area contributed by atoms with Gasteiger partial charge in [-0.1, -0.05) is 30.3 Å². The van der Waals surface area contributed by atoms with Gasteiger partial charge in [0.15, 0.2) is 0 Å². The summed E-state index contributed by atoms with van der Waals surface area (Å²) in [6, 6.07) is 10.4. The number of aromatic nitrogens is 1. The number of piperidine rings is 1. The Morgan fingerprint density at radius 3 is 2.62 bits per heavy atom. The number of aliphatic carboxylic acids is 1. The molecule has 2 fully saturated rings. The van der Waals surface area contributed by atoms with Crippen LogP contribution in [0, 0.1) is 11.3 Å². The quantitative estimate of drug-likeness (QED) is 0.876. The Morgan fingerprint density at radius 2 is 1.96 bits per heavy atom. The minimum atomic E-state index is -0.631. The Labute approximate surface area is 158 Å². The Hall–Kier alpha value is -1.76. The largest absolute Gasteiger partial charge is 0.481 e. The smallest absolute Gasteiger partial charge is 0.308 e. The highest BCUT2D eigenvalue weighted by atomic mass is 32.1. The van der Waals surface area contributed by atoms with Crippen LogP contribution in [0.3, 0.4) is 0 Å². The predicted molar refractivity (Wildman–Crippen MR) is 102 cm³/mol. The van der Waals surface area contributed by atoms with Crippen molar-refractivity contribution in [2.75, 3.05) is 26.2 Å². The molecule has 1 aromatic carbocycles. The lowest BCUT2D eigenvalue weighted by atomic mass is 9.71. The number of rotatable bonds is 5. The van der Waals surface area contributed by atoms with Crippen LogP contribution < -0.4 is 0 Å². The number of likely N-dealkylation sites (tertiary alicyclic amines) is 2. The minimum absolute atomic E-state index is 0.0833. The first-order valence-electron chi connectivity index (χ1n) is 9.24. The van der Waals surface area contributed by atoms with Crippen LogP contribution in [0.25, 0.3) is 0 Å². The van der Waals surface area contributed by atoms with Gasteiger partial charge >= 0.3 is 5.97 Å². The van der Waals surface area contributed by atoms with E-state index in [0.717, 1.165) is 50.6 Å². The molecule has 2 aromatic rings. The third kappa shape index (κ3) is 3.68. The van der Waals surface area contributed by atoms with E-state index in [1.54, 1.807) is 11.3 Å². The molecule has 0 saturated carbocycles. The summed E-state index contributed by atoms with van der Waals surface area (Å²) in [4.78, 5) is 21.1. The fraction of sp³-hybridized carbons (Fsp3) is 0.500. The SMILES string of the molecule is O=C(O)C1CN(Cc2ccccc2)CC12CCN(Cc1nccs1)CC2. The molecule has 2 aliphatic rings. The first-order chi connectivity index (χ1) is 12.6. The van der Waals surface area contributed by atoms with E-state index in [1.165, 1.54) is 5.56 Å². The maximum Gasteiger partial charge on any atom is 0.308 e. The number of carbonyl (C=O) groups is 1. The van der Waals surface area contributed by atoms with Crippen molar-refractivity contribution in [3.05, 3.63) is 52.5 Å². The Morgan fingerprint density at radius 1 is 1.19 bits per heavy atom. The zero-order valence-corrected chi connectivity index (χ0v) is 15.7. The number of thiazole rings is 1. The van der Waals surface area contributed by atoms with Crippen LogP contribution in [0.4, 0.5) is 0 Å². The zero-order chi connectivity index (χ0) is 18.0. The molecule has 5 nitrogen and oxygen atoms in total. The van der Waals surface area contributed by atoms with E-state index in [-0.39, 0.29) is 11.3 Å². The molecular formula is C20H25N3O2S. The molecule has 1 aromatic heterocycles. The molecule has 0 radical (unpaired) electrons. The van der Waals surface area contributed by atoms with E-state index in [0.29, 0.717) is 6.54 Å². The average Bonchev–Trinajstić information content (AvgIpc) is 3.26. The van der Waals surface area contributed by atoms with Gasteiger partial charge in [0.05, 0.1) is 12.5 Å². The highest BCUT2D eigenvalue weighted by Crippen LogP contribution is 2.45. The summed E-state index contributed by atoms with van der Waals surface area (Å²) >= 11 is 1.69. The lowest BCUT2D eigenvalue weighted by Crippen LogP contribution is -2.45. The second-order valence-electron chi connectivity index (χ2n) is 7.61. The molecule has 1 unspecified atom stereocenters. The van der Waals surface area contributed by atoms with Gasteiger partial charge in [-0.05, 0) is 31.5 Å². The molecule has 1 atom stereocenters. The van der Waals surface area contributed by atoms with E-state index in [2.05, 4.69) is 26.9 Å². The summed E-state index contributed by atoms with van der Waals surface area (Å²) < 4.78 is 0. The maximum atomic E-state index is 12.0. The van der Waals surface area contributed by atoms with Gasteiger partial charge in [0, 0.05) is 36.6 Å². The maximum absolute atomic E-state index is 12.0. The van der Waals surface area contributed by atoms with Crippen molar-refractivity contribution in [3.8, 4) is 0 Å². The molecule has 3 heterocycles. The normalized spacial score (nSPS) is 23.5. The minimum Gasteiger partial charge on any atom is -0.481 e. The van der Waals surface area contributed by atoms with Crippen molar-refractivity contribution < 1.29 is 9.90 Å². The first kappa shape index (κ1) is 17.6. The molecule has 6 heteroatoms. The molecule has 4 rings (SSSR count). The standard InChI is InChI=1S/C20H25N3O2S/c24-19(25)17-13-23(12-16-4-2-1-3-5-16)15-20(17)6-9-22(10-7-20)14-18-21-8-11-26-18/h1-5,8,11,17H,6-7,9-10,12-15H2,(H,24,25). The van der Waals surface area contributed by atoms with Crippen LogP contribution in [0.15, 0.2) is 41.9 Å². The molecule has 138 valence electrons. The number of carboxylic acid groups (broad SMARTS) is 1. The molecule has 0 bridgehead atoms. The van der Waals surface area contributed by atoms with Crippen LogP contribution in [0.2, 0.25) is 0 Å². The average molecular weight is 372 g/mol. The third-order valence-corrected chi connectivity index (χ3v) is 6.72. The summed E-state index contributed by atoms with van der Waals surface area (Å²) in [5, 5.41) is 13.0. The predicted octanol–water partition coefficient (Wildman–Crippen LogP) is 2.94. The monoisotopic (exact) mass is 371 g/mol. The first-order valence-corrected chi connectivity index (χ1v) is 10.1. The van der Waals surface area contributed by atoms with Gasteiger partial charge in [-0.25, -0.2) is 4.98 Å². The Balaban J connectivity index is 1.42. The van der Waals surface area contributed by atoms with Gasteiger partial charge in [0.2, 0.25) is 0 Å². The van der Waals surface area contributed by atoms with Gasteiger partial charge < -0.3 is 5.11 Å². The van der Waals surface area contributed by atoms with Crippen molar-refractivity contribution in [2.24, 2.45) is 11.3 Å². The summed E-state index contributed by atoms with van der Waals surface area (Å²) in [5.74, 6) is -0.887. The van der Waals surface area contributed by atoms with Crippen LogP contribution in [-0.4, -0.2) is 52.0 Å². The fourth-order valence-electron chi connectivity index (χ4n) is 4.56. The molecular weight excluding hydrogens is 346 g/mol. The molecule has 1 N–H and O–H groups in total. The third-order valence-electron chi connectivity index (χ3n) is 5.96. The van der Waals surface area contributed by atoms with Gasteiger partial charge in [-0.15, -0.1) is 11.3 Å². The number of carboxylic acids is 1.